The van der Waals surface area contributed by atoms with Crippen molar-refractivity contribution in [3.63, 3.8) is 0 Å². The average Bonchev–Trinajstić information content (AvgIpc) is 2.74. The van der Waals surface area contributed by atoms with Gasteiger partial charge in [0, 0.05) is 18.8 Å². The van der Waals surface area contributed by atoms with E-state index in [1.807, 2.05) is 42.5 Å². The largest absolute Gasteiger partial charge is 0.327 e. The molecule has 0 spiro atoms. The van der Waals surface area contributed by atoms with Gasteiger partial charge in [-0.15, -0.1) is 0 Å². The van der Waals surface area contributed by atoms with Crippen LogP contribution >= 0.6 is 0 Å². The highest BCUT2D eigenvalue weighted by Gasteiger charge is 2.39. The first kappa shape index (κ1) is 14.3. The van der Waals surface area contributed by atoms with Gasteiger partial charge in [0.1, 0.15) is 6.04 Å². The van der Waals surface area contributed by atoms with Gasteiger partial charge in [-0.05, 0) is 30.7 Å². The molecule has 1 aliphatic rings. The molecule has 0 saturated carbocycles. The summed E-state index contributed by atoms with van der Waals surface area (Å²) in [4.78, 5) is 31.3. The Kier molecular flexibility index (Phi) is 3.63. The standard InChI is InChI=1S/C17H17N3O2/c1-12-16(21)20(17(22)19(12)2)11-13-6-5-7-14(10-13)15-8-3-4-9-18-15/h3-10,12H,11H2,1-2H3. The third kappa shape index (κ3) is 2.45. The van der Waals surface area contributed by atoms with Crippen LogP contribution in [0.2, 0.25) is 0 Å². The number of likely N-dealkylation sites (N-methyl/N-ethyl adjacent to an activating group) is 1. The van der Waals surface area contributed by atoms with Crippen LogP contribution in [0.25, 0.3) is 11.3 Å². The van der Waals surface area contributed by atoms with E-state index in [1.165, 1.54) is 9.80 Å². The maximum Gasteiger partial charge on any atom is 0.327 e. The lowest BCUT2D eigenvalue weighted by Gasteiger charge is -2.14. The quantitative estimate of drug-likeness (QED) is 0.818. The number of rotatable bonds is 3. The van der Waals surface area contributed by atoms with Gasteiger partial charge in [-0.2, -0.15) is 0 Å². The molecule has 1 fully saturated rings. The molecule has 0 aliphatic carbocycles. The van der Waals surface area contributed by atoms with E-state index in [4.69, 9.17) is 0 Å². The molecule has 2 heterocycles. The van der Waals surface area contributed by atoms with Gasteiger partial charge < -0.3 is 4.90 Å². The van der Waals surface area contributed by atoms with E-state index in [0.29, 0.717) is 0 Å². The first-order valence-electron chi connectivity index (χ1n) is 7.16. The van der Waals surface area contributed by atoms with Gasteiger partial charge in [-0.1, -0.05) is 24.3 Å². The second kappa shape index (κ2) is 5.60. The molecule has 3 amide bonds. The van der Waals surface area contributed by atoms with Crippen LogP contribution in [0.3, 0.4) is 0 Å². The predicted octanol–water partition coefficient (Wildman–Crippen LogP) is 2.53. The Morgan fingerprint density at radius 1 is 1.14 bits per heavy atom. The first-order chi connectivity index (χ1) is 10.6. The fourth-order valence-electron chi connectivity index (χ4n) is 2.53. The van der Waals surface area contributed by atoms with Crippen molar-refractivity contribution in [2.75, 3.05) is 7.05 Å². The maximum atomic E-state index is 12.1. The molecule has 1 unspecified atom stereocenters. The summed E-state index contributed by atoms with van der Waals surface area (Å²) >= 11 is 0. The van der Waals surface area contributed by atoms with E-state index in [9.17, 15) is 9.59 Å². The van der Waals surface area contributed by atoms with E-state index in [0.717, 1.165) is 16.8 Å². The molecule has 22 heavy (non-hydrogen) atoms. The fourth-order valence-corrected chi connectivity index (χ4v) is 2.53. The van der Waals surface area contributed by atoms with Gasteiger partial charge in [0.15, 0.2) is 0 Å². The maximum absolute atomic E-state index is 12.1. The SMILES string of the molecule is CC1C(=O)N(Cc2cccc(-c3ccccn3)c2)C(=O)N1C. The zero-order chi connectivity index (χ0) is 15.7. The summed E-state index contributed by atoms with van der Waals surface area (Å²) in [6.07, 6.45) is 1.74. The van der Waals surface area contributed by atoms with Crippen LogP contribution in [-0.4, -0.2) is 39.8 Å². The predicted molar refractivity (Wildman–Crippen MR) is 82.8 cm³/mol. The number of imide groups is 1. The second-order valence-electron chi connectivity index (χ2n) is 5.41. The Labute approximate surface area is 129 Å². The van der Waals surface area contributed by atoms with Crippen LogP contribution in [0.1, 0.15) is 12.5 Å². The van der Waals surface area contributed by atoms with E-state index in [-0.39, 0.29) is 18.5 Å². The molecule has 2 aromatic rings. The smallest absolute Gasteiger partial charge is 0.316 e. The molecule has 1 aromatic heterocycles. The number of amides is 3. The third-order valence-electron chi connectivity index (χ3n) is 3.97. The molecule has 0 radical (unpaired) electrons. The van der Waals surface area contributed by atoms with Gasteiger partial charge in [-0.3, -0.25) is 14.7 Å². The molecular formula is C17H17N3O2. The number of benzene rings is 1. The van der Waals surface area contributed by atoms with Crippen LogP contribution in [0, 0.1) is 0 Å². The van der Waals surface area contributed by atoms with Gasteiger partial charge >= 0.3 is 6.03 Å². The van der Waals surface area contributed by atoms with E-state index in [2.05, 4.69) is 4.98 Å². The molecule has 0 bridgehead atoms. The number of urea groups is 1. The highest BCUT2D eigenvalue weighted by Crippen LogP contribution is 2.22. The zero-order valence-corrected chi connectivity index (χ0v) is 12.6. The molecule has 1 atom stereocenters. The lowest BCUT2D eigenvalue weighted by molar-refractivity contribution is -0.128. The minimum absolute atomic E-state index is 0.157. The molecule has 5 nitrogen and oxygen atoms in total. The second-order valence-corrected chi connectivity index (χ2v) is 5.41. The summed E-state index contributed by atoms with van der Waals surface area (Å²) in [7, 11) is 1.65. The van der Waals surface area contributed by atoms with Gasteiger partial charge in [0.2, 0.25) is 0 Å². The van der Waals surface area contributed by atoms with Gasteiger partial charge in [-0.25, -0.2) is 4.79 Å². The molecule has 112 valence electrons. The Balaban J connectivity index is 1.85. The van der Waals surface area contributed by atoms with E-state index in [1.54, 1.807) is 20.2 Å². The molecular weight excluding hydrogens is 278 g/mol. The topological polar surface area (TPSA) is 53.5 Å². The summed E-state index contributed by atoms with van der Waals surface area (Å²) in [6, 6.07) is 12.8. The molecule has 1 aliphatic heterocycles. The van der Waals surface area contributed by atoms with Crippen LogP contribution in [0.4, 0.5) is 4.79 Å². The third-order valence-corrected chi connectivity index (χ3v) is 3.97. The fraction of sp³-hybridized carbons (Fsp3) is 0.235. The number of nitrogens with zero attached hydrogens (tertiary/aromatic N) is 3. The van der Waals surface area contributed by atoms with Gasteiger partial charge in [0.25, 0.3) is 5.91 Å². The Morgan fingerprint density at radius 2 is 1.95 bits per heavy atom. The first-order valence-corrected chi connectivity index (χ1v) is 7.16. The monoisotopic (exact) mass is 295 g/mol. The highest BCUT2D eigenvalue weighted by atomic mass is 16.2. The Morgan fingerprint density at radius 3 is 2.59 bits per heavy atom. The molecule has 0 N–H and O–H groups in total. The lowest BCUT2D eigenvalue weighted by atomic mass is 10.1. The molecule has 5 heteroatoms. The van der Waals surface area contributed by atoms with Crippen molar-refractivity contribution in [2.24, 2.45) is 0 Å². The average molecular weight is 295 g/mol. The van der Waals surface area contributed by atoms with Crippen molar-refractivity contribution < 1.29 is 9.59 Å². The van der Waals surface area contributed by atoms with Crippen molar-refractivity contribution in [2.45, 2.75) is 19.5 Å². The lowest BCUT2D eigenvalue weighted by Crippen LogP contribution is -2.31. The number of hydrogen-bond donors (Lipinski definition) is 0. The number of aromatic nitrogens is 1. The minimum atomic E-state index is -0.397. The molecule has 3 rings (SSSR count). The summed E-state index contributed by atoms with van der Waals surface area (Å²) < 4.78 is 0. The highest BCUT2D eigenvalue weighted by molar-refractivity contribution is 6.03. The zero-order valence-electron chi connectivity index (χ0n) is 12.6. The van der Waals surface area contributed by atoms with Gasteiger partial charge in [0.05, 0.1) is 12.2 Å². The molecule has 1 aromatic carbocycles. The minimum Gasteiger partial charge on any atom is -0.316 e. The van der Waals surface area contributed by atoms with Crippen molar-refractivity contribution in [1.29, 1.82) is 0 Å². The summed E-state index contributed by atoms with van der Waals surface area (Å²) in [6.45, 7) is 2.03. The van der Waals surface area contributed by atoms with Crippen LogP contribution in [0.15, 0.2) is 48.7 Å². The Bertz CT molecular complexity index is 695. The van der Waals surface area contributed by atoms with Crippen molar-refractivity contribution in [1.82, 2.24) is 14.8 Å². The van der Waals surface area contributed by atoms with Crippen molar-refractivity contribution in [3.8, 4) is 11.3 Å². The van der Waals surface area contributed by atoms with Crippen molar-refractivity contribution in [3.05, 3.63) is 54.2 Å². The van der Waals surface area contributed by atoms with E-state index < -0.39 is 6.04 Å². The van der Waals surface area contributed by atoms with Crippen LogP contribution in [0.5, 0.6) is 0 Å². The van der Waals surface area contributed by atoms with Crippen molar-refractivity contribution >= 4 is 11.9 Å². The normalized spacial score (nSPS) is 18.2. The molecule has 1 saturated heterocycles. The van der Waals surface area contributed by atoms with E-state index >= 15 is 0 Å². The Hall–Kier alpha value is -2.69. The summed E-state index contributed by atoms with van der Waals surface area (Å²) in [5.41, 5.74) is 2.75. The number of carbonyl (C=O) groups is 2. The number of carbonyl (C=O) groups excluding carboxylic acids is 2. The van der Waals surface area contributed by atoms with Crippen LogP contribution in [-0.2, 0) is 11.3 Å². The summed E-state index contributed by atoms with van der Waals surface area (Å²) in [5, 5.41) is 0. The number of hydrogen-bond acceptors (Lipinski definition) is 3. The van der Waals surface area contributed by atoms with Crippen LogP contribution < -0.4 is 0 Å². The number of pyridine rings is 1. The summed E-state index contributed by atoms with van der Waals surface area (Å²) in [5.74, 6) is -0.157.